The summed E-state index contributed by atoms with van der Waals surface area (Å²) >= 11 is 0. The van der Waals surface area contributed by atoms with Gasteiger partial charge < -0.3 is 4.74 Å². The predicted molar refractivity (Wildman–Crippen MR) is 38.8 cm³/mol. The van der Waals surface area contributed by atoms with Gasteiger partial charge in [0.25, 0.3) is 0 Å². The van der Waals surface area contributed by atoms with E-state index in [0.29, 0.717) is 6.42 Å². The van der Waals surface area contributed by atoms with E-state index < -0.39 is 24.3 Å². The average molecular weight is 193 g/mol. The Bertz CT molecular complexity index is 233. The van der Waals surface area contributed by atoms with Crippen molar-refractivity contribution in [2.45, 2.75) is 44.1 Å². The molecule has 0 bridgehead atoms. The van der Waals surface area contributed by atoms with Gasteiger partial charge in [-0.05, 0) is 19.8 Å². The number of halogens is 3. The first-order chi connectivity index (χ1) is 5.87. The molecule has 2 atom stereocenters. The Morgan fingerprint density at radius 2 is 2.15 bits per heavy atom. The van der Waals surface area contributed by atoms with Gasteiger partial charge in [-0.15, -0.1) is 0 Å². The van der Waals surface area contributed by atoms with Gasteiger partial charge >= 0.3 is 6.18 Å². The summed E-state index contributed by atoms with van der Waals surface area (Å²) in [5.41, 5.74) is -0.625. The number of ether oxygens (including phenoxy) is 1. The quantitative estimate of drug-likeness (QED) is 0.645. The average Bonchev–Trinajstić information content (AvgIpc) is 2.59. The molecular weight excluding hydrogens is 183 g/mol. The van der Waals surface area contributed by atoms with Gasteiger partial charge in [0.1, 0.15) is 5.60 Å². The first-order valence-corrected chi connectivity index (χ1v) is 4.01. The lowest BCUT2D eigenvalue weighted by Crippen LogP contribution is -2.12. The van der Waals surface area contributed by atoms with Crippen molar-refractivity contribution in [1.29, 1.82) is 5.26 Å². The van der Waals surface area contributed by atoms with Crippen LogP contribution in [-0.2, 0) is 4.74 Å². The molecule has 1 fully saturated rings. The maximum Gasteiger partial charge on any atom is 0.389 e. The second-order valence-electron chi connectivity index (χ2n) is 3.41. The smallest absolute Gasteiger partial charge is 0.350 e. The Hall–Kier alpha value is -0.760. The summed E-state index contributed by atoms with van der Waals surface area (Å²) in [6.45, 7) is 1.66. The molecule has 0 aromatic carbocycles. The van der Waals surface area contributed by atoms with Gasteiger partial charge in [-0.1, -0.05) is 0 Å². The van der Waals surface area contributed by atoms with Crippen molar-refractivity contribution in [2.75, 3.05) is 0 Å². The molecule has 0 aromatic heterocycles. The molecule has 0 amide bonds. The molecule has 0 N–H and O–H groups in total. The lowest BCUT2D eigenvalue weighted by Gasteiger charge is -2.07. The van der Waals surface area contributed by atoms with Crippen molar-refractivity contribution in [3.05, 3.63) is 0 Å². The van der Waals surface area contributed by atoms with Crippen molar-refractivity contribution in [3.63, 3.8) is 0 Å². The highest BCUT2D eigenvalue weighted by Crippen LogP contribution is 2.40. The molecule has 1 rings (SSSR count). The Morgan fingerprint density at radius 3 is 2.54 bits per heavy atom. The van der Waals surface area contributed by atoms with Crippen LogP contribution in [0.4, 0.5) is 13.2 Å². The molecule has 1 saturated heterocycles. The van der Waals surface area contributed by atoms with Crippen molar-refractivity contribution in [2.24, 2.45) is 0 Å². The molecule has 5 heteroatoms. The van der Waals surface area contributed by atoms with E-state index in [1.165, 1.54) is 0 Å². The molecule has 2 nitrogen and oxygen atoms in total. The lowest BCUT2D eigenvalue weighted by molar-refractivity contribution is -0.136. The van der Waals surface area contributed by atoms with E-state index in [2.05, 4.69) is 0 Å². The minimum atomic E-state index is -4.10. The Balaban J connectivity index is 2.19. The largest absolute Gasteiger partial charge is 0.389 e. The lowest BCUT2D eigenvalue weighted by atomic mass is 10.0. The molecule has 13 heavy (non-hydrogen) atoms. The SMILES string of the molecule is CC1(CCCC(F)(F)F)OC1C#N. The van der Waals surface area contributed by atoms with Crippen molar-refractivity contribution >= 4 is 0 Å². The van der Waals surface area contributed by atoms with Crippen LogP contribution < -0.4 is 0 Å². The van der Waals surface area contributed by atoms with Gasteiger partial charge in [0, 0.05) is 6.42 Å². The monoisotopic (exact) mass is 193 g/mol. The molecule has 2 unspecified atom stereocenters. The van der Waals surface area contributed by atoms with Crippen LogP contribution in [-0.4, -0.2) is 17.9 Å². The Labute approximate surface area is 74.3 Å². The number of nitriles is 1. The molecular formula is C8H10F3NO. The van der Waals surface area contributed by atoms with Crippen LogP contribution in [0.3, 0.4) is 0 Å². The van der Waals surface area contributed by atoms with Crippen molar-refractivity contribution < 1.29 is 17.9 Å². The second-order valence-corrected chi connectivity index (χ2v) is 3.41. The number of hydrogen-bond donors (Lipinski definition) is 0. The summed E-state index contributed by atoms with van der Waals surface area (Å²) in [5.74, 6) is 0. The fourth-order valence-corrected chi connectivity index (χ4v) is 1.23. The van der Waals surface area contributed by atoms with Crippen LogP contribution in [0.5, 0.6) is 0 Å². The minimum Gasteiger partial charge on any atom is -0.350 e. The molecule has 0 spiro atoms. The van der Waals surface area contributed by atoms with Crippen LogP contribution >= 0.6 is 0 Å². The summed E-state index contributed by atoms with van der Waals surface area (Å²) in [5, 5.41) is 8.40. The fourth-order valence-electron chi connectivity index (χ4n) is 1.23. The number of hydrogen-bond acceptors (Lipinski definition) is 2. The van der Waals surface area contributed by atoms with E-state index in [4.69, 9.17) is 10.00 Å². The highest BCUT2D eigenvalue weighted by molar-refractivity contribution is 5.11. The summed E-state index contributed by atoms with van der Waals surface area (Å²) < 4.78 is 40.1. The molecule has 1 aliphatic rings. The Kier molecular flexibility index (Phi) is 2.53. The molecule has 0 aromatic rings. The maximum absolute atomic E-state index is 11.7. The van der Waals surface area contributed by atoms with Gasteiger partial charge in [0.15, 0.2) is 6.10 Å². The van der Waals surface area contributed by atoms with Crippen LogP contribution in [0, 0.1) is 11.3 Å². The zero-order chi connectivity index (χ0) is 10.1. The highest BCUT2D eigenvalue weighted by Gasteiger charge is 2.52. The third kappa shape index (κ3) is 2.88. The van der Waals surface area contributed by atoms with E-state index in [9.17, 15) is 13.2 Å². The third-order valence-electron chi connectivity index (χ3n) is 2.14. The summed E-state index contributed by atoms with van der Waals surface area (Å²) in [7, 11) is 0. The van der Waals surface area contributed by atoms with E-state index in [-0.39, 0.29) is 6.42 Å². The normalized spacial score (nSPS) is 32.7. The predicted octanol–water partition coefficient (Wildman–Crippen LogP) is 2.40. The summed E-state index contributed by atoms with van der Waals surface area (Å²) in [6, 6.07) is 1.87. The summed E-state index contributed by atoms with van der Waals surface area (Å²) in [6.07, 6.45) is -5.10. The van der Waals surface area contributed by atoms with Gasteiger partial charge in [0.05, 0.1) is 6.07 Å². The third-order valence-corrected chi connectivity index (χ3v) is 2.14. The minimum absolute atomic E-state index is 0.0260. The number of rotatable bonds is 3. The number of alkyl halides is 3. The zero-order valence-electron chi connectivity index (χ0n) is 7.19. The van der Waals surface area contributed by atoms with Crippen LogP contribution in [0.1, 0.15) is 26.2 Å². The summed E-state index contributed by atoms with van der Waals surface area (Å²) in [4.78, 5) is 0. The molecule has 0 aliphatic carbocycles. The molecule has 1 heterocycles. The van der Waals surface area contributed by atoms with Crippen molar-refractivity contribution in [1.82, 2.24) is 0 Å². The van der Waals surface area contributed by atoms with Crippen LogP contribution in [0.25, 0.3) is 0 Å². The first-order valence-electron chi connectivity index (χ1n) is 4.01. The van der Waals surface area contributed by atoms with Gasteiger partial charge in [-0.3, -0.25) is 0 Å². The van der Waals surface area contributed by atoms with Crippen molar-refractivity contribution in [3.8, 4) is 6.07 Å². The zero-order valence-corrected chi connectivity index (χ0v) is 7.19. The second kappa shape index (κ2) is 3.18. The van der Waals surface area contributed by atoms with Gasteiger partial charge in [-0.2, -0.15) is 18.4 Å². The van der Waals surface area contributed by atoms with E-state index >= 15 is 0 Å². The number of nitrogens with zero attached hydrogens (tertiary/aromatic N) is 1. The van der Waals surface area contributed by atoms with Crippen LogP contribution in [0.2, 0.25) is 0 Å². The maximum atomic E-state index is 11.7. The molecule has 1 aliphatic heterocycles. The standard InChI is InChI=1S/C8H10F3NO/c1-7(6(5-12)13-7)3-2-4-8(9,10)11/h6H,2-4H2,1H3. The van der Waals surface area contributed by atoms with Gasteiger partial charge in [-0.25, -0.2) is 0 Å². The topological polar surface area (TPSA) is 36.3 Å². The Morgan fingerprint density at radius 1 is 1.54 bits per heavy atom. The number of epoxide rings is 1. The van der Waals surface area contributed by atoms with E-state index in [1.807, 2.05) is 6.07 Å². The van der Waals surface area contributed by atoms with Crippen LogP contribution in [0.15, 0.2) is 0 Å². The van der Waals surface area contributed by atoms with E-state index in [1.54, 1.807) is 6.92 Å². The van der Waals surface area contributed by atoms with E-state index in [0.717, 1.165) is 0 Å². The van der Waals surface area contributed by atoms with Gasteiger partial charge in [0.2, 0.25) is 0 Å². The molecule has 0 radical (unpaired) electrons. The highest BCUT2D eigenvalue weighted by atomic mass is 19.4. The molecule has 74 valence electrons. The fraction of sp³-hybridized carbons (Fsp3) is 0.875. The first kappa shape index (κ1) is 10.3. The molecule has 0 saturated carbocycles.